The average Bonchev–Trinajstić information content (AvgIpc) is 2.80. The lowest BCUT2D eigenvalue weighted by Crippen LogP contribution is -2.30. The van der Waals surface area contributed by atoms with E-state index in [9.17, 15) is 0 Å². The lowest BCUT2D eigenvalue weighted by molar-refractivity contribution is 0.243. The minimum absolute atomic E-state index is 0.0303. The second-order valence-electron chi connectivity index (χ2n) is 4.69. The minimum Gasteiger partial charge on any atom is -0.329 e. The zero-order chi connectivity index (χ0) is 14.7. The lowest BCUT2D eigenvalue weighted by Gasteiger charge is -2.28. The van der Waals surface area contributed by atoms with Crippen LogP contribution in [0.1, 0.15) is 22.2 Å². The fourth-order valence-electron chi connectivity index (χ4n) is 2.13. The standard InChI is InChI=1S/C14H17Cl2N3S/c1-9-14(20-8-18-9)7-19(2)13(6-17)11-5-10(15)3-4-12(11)16/h3-5,8,13H,6-7,17H2,1-2H3. The first kappa shape index (κ1) is 15.7. The SMILES string of the molecule is Cc1ncsc1CN(C)C(CN)c1cc(Cl)ccc1Cl. The summed E-state index contributed by atoms with van der Waals surface area (Å²) in [7, 11) is 2.04. The number of nitrogens with two attached hydrogens (primary N) is 1. The molecule has 0 aliphatic carbocycles. The summed E-state index contributed by atoms with van der Waals surface area (Å²) in [5, 5.41) is 1.36. The van der Waals surface area contributed by atoms with Gasteiger partial charge in [0.2, 0.25) is 0 Å². The highest BCUT2D eigenvalue weighted by Crippen LogP contribution is 2.30. The molecule has 108 valence electrons. The molecule has 0 fully saturated rings. The van der Waals surface area contributed by atoms with Crippen LogP contribution in [0, 0.1) is 6.92 Å². The van der Waals surface area contributed by atoms with Gasteiger partial charge in [0.25, 0.3) is 0 Å². The Morgan fingerprint density at radius 3 is 2.75 bits per heavy atom. The highest BCUT2D eigenvalue weighted by molar-refractivity contribution is 7.09. The van der Waals surface area contributed by atoms with Crippen LogP contribution in [0.5, 0.6) is 0 Å². The highest BCUT2D eigenvalue weighted by Gasteiger charge is 2.20. The van der Waals surface area contributed by atoms with Gasteiger partial charge in [-0.15, -0.1) is 11.3 Å². The maximum absolute atomic E-state index is 6.28. The summed E-state index contributed by atoms with van der Waals surface area (Å²) in [6.07, 6.45) is 0. The van der Waals surface area contributed by atoms with Crippen LogP contribution in [0.4, 0.5) is 0 Å². The van der Waals surface area contributed by atoms with E-state index in [1.165, 1.54) is 4.88 Å². The monoisotopic (exact) mass is 329 g/mol. The number of hydrogen-bond donors (Lipinski definition) is 1. The van der Waals surface area contributed by atoms with Crippen molar-refractivity contribution < 1.29 is 0 Å². The quantitative estimate of drug-likeness (QED) is 0.904. The van der Waals surface area contributed by atoms with E-state index in [4.69, 9.17) is 28.9 Å². The van der Waals surface area contributed by atoms with Crippen molar-refractivity contribution in [1.82, 2.24) is 9.88 Å². The summed E-state index contributed by atoms with van der Waals surface area (Å²) in [5.41, 5.74) is 9.83. The molecular formula is C14H17Cl2N3S. The molecule has 0 saturated carbocycles. The van der Waals surface area contributed by atoms with Gasteiger partial charge < -0.3 is 5.73 Å². The van der Waals surface area contributed by atoms with Gasteiger partial charge in [-0.3, -0.25) is 4.90 Å². The molecule has 0 amide bonds. The van der Waals surface area contributed by atoms with Gasteiger partial charge >= 0.3 is 0 Å². The van der Waals surface area contributed by atoms with E-state index in [0.717, 1.165) is 17.8 Å². The molecule has 1 aromatic carbocycles. The van der Waals surface area contributed by atoms with Gasteiger partial charge in [0.05, 0.1) is 11.2 Å². The maximum atomic E-state index is 6.28. The fourth-order valence-corrected chi connectivity index (χ4v) is 3.39. The van der Waals surface area contributed by atoms with Crippen LogP contribution in [0.3, 0.4) is 0 Å². The zero-order valence-electron chi connectivity index (χ0n) is 11.4. The van der Waals surface area contributed by atoms with Gasteiger partial charge in [-0.2, -0.15) is 0 Å². The zero-order valence-corrected chi connectivity index (χ0v) is 13.8. The van der Waals surface area contributed by atoms with Crippen LogP contribution in [-0.2, 0) is 6.54 Å². The topological polar surface area (TPSA) is 42.2 Å². The molecule has 0 aliphatic rings. The molecule has 2 aromatic rings. The Balaban J connectivity index is 2.23. The van der Waals surface area contributed by atoms with Gasteiger partial charge in [0, 0.05) is 34.1 Å². The van der Waals surface area contributed by atoms with Crippen molar-refractivity contribution >= 4 is 34.5 Å². The Kier molecular flexibility index (Phi) is 5.41. The van der Waals surface area contributed by atoms with Crippen LogP contribution in [0.15, 0.2) is 23.7 Å². The number of aryl methyl sites for hydroxylation is 1. The summed E-state index contributed by atoms with van der Waals surface area (Å²) in [5.74, 6) is 0. The predicted octanol–water partition coefficient (Wildman–Crippen LogP) is 3.89. The van der Waals surface area contributed by atoms with Gasteiger partial charge in [-0.1, -0.05) is 23.2 Å². The van der Waals surface area contributed by atoms with Gasteiger partial charge in [-0.25, -0.2) is 4.98 Å². The van der Waals surface area contributed by atoms with Crippen LogP contribution in [0.25, 0.3) is 0 Å². The molecule has 0 spiro atoms. The molecule has 0 saturated heterocycles. The molecule has 3 nitrogen and oxygen atoms in total. The molecule has 0 radical (unpaired) electrons. The highest BCUT2D eigenvalue weighted by atomic mass is 35.5. The van der Waals surface area contributed by atoms with Crippen molar-refractivity contribution in [1.29, 1.82) is 0 Å². The average molecular weight is 330 g/mol. The van der Waals surface area contributed by atoms with Gasteiger partial charge in [0.15, 0.2) is 0 Å². The molecule has 1 unspecified atom stereocenters. The summed E-state index contributed by atoms with van der Waals surface area (Å²) in [4.78, 5) is 7.69. The van der Waals surface area contributed by atoms with Gasteiger partial charge in [0.1, 0.15) is 0 Å². The Labute approximate surface area is 133 Å². The van der Waals surface area contributed by atoms with E-state index in [-0.39, 0.29) is 6.04 Å². The van der Waals surface area contributed by atoms with Crippen LogP contribution < -0.4 is 5.73 Å². The van der Waals surface area contributed by atoms with Crippen LogP contribution >= 0.6 is 34.5 Å². The minimum atomic E-state index is 0.0303. The van der Waals surface area contributed by atoms with Crippen molar-refractivity contribution in [3.05, 3.63) is 49.9 Å². The van der Waals surface area contributed by atoms with Crippen molar-refractivity contribution in [2.75, 3.05) is 13.6 Å². The summed E-state index contributed by atoms with van der Waals surface area (Å²) >= 11 is 14.0. The molecule has 0 bridgehead atoms. The number of thiazole rings is 1. The van der Waals surface area contributed by atoms with E-state index >= 15 is 0 Å². The second kappa shape index (κ2) is 6.87. The number of halogens is 2. The Morgan fingerprint density at radius 2 is 2.15 bits per heavy atom. The largest absolute Gasteiger partial charge is 0.329 e. The first-order chi connectivity index (χ1) is 9.52. The first-order valence-corrected chi connectivity index (χ1v) is 7.90. The molecule has 1 aromatic heterocycles. The van der Waals surface area contributed by atoms with E-state index in [1.807, 2.05) is 31.6 Å². The van der Waals surface area contributed by atoms with Crippen molar-refractivity contribution in [3.63, 3.8) is 0 Å². The lowest BCUT2D eigenvalue weighted by atomic mass is 10.1. The fraction of sp³-hybridized carbons (Fsp3) is 0.357. The van der Waals surface area contributed by atoms with Gasteiger partial charge in [-0.05, 0) is 37.7 Å². The Morgan fingerprint density at radius 1 is 1.40 bits per heavy atom. The molecule has 20 heavy (non-hydrogen) atoms. The van der Waals surface area contributed by atoms with Crippen LogP contribution in [0.2, 0.25) is 10.0 Å². The smallest absolute Gasteiger partial charge is 0.0798 e. The van der Waals surface area contributed by atoms with E-state index in [2.05, 4.69) is 9.88 Å². The van der Waals surface area contributed by atoms with Crippen molar-refractivity contribution in [2.24, 2.45) is 5.73 Å². The third kappa shape index (κ3) is 3.51. The number of nitrogens with zero attached hydrogens (tertiary/aromatic N) is 2. The Hall–Kier alpha value is -0.650. The molecule has 2 N–H and O–H groups in total. The number of aromatic nitrogens is 1. The molecule has 6 heteroatoms. The number of benzene rings is 1. The third-order valence-electron chi connectivity index (χ3n) is 3.31. The van der Waals surface area contributed by atoms with Crippen LogP contribution in [-0.4, -0.2) is 23.5 Å². The van der Waals surface area contributed by atoms with E-state index in [0.29, 0.717) is 16.6 Å². The normalized spacial score (nSPS) is 12.9. The van der Waals surface area contributed by atoms with Crippen molar-refractivity contribution in [2.45, 2.75) is 19.5 Å². The maximum Gasteiger partial charge on any atom is 0.0798 e. The molecule has 0 aliphatic heterocycles. The second-order valence-corrected chi connectivity index (χ2v) is 6.48. The summed E-state index contributed by atoms with van der Waals surface area (Å²) in [6.45, 7) is 3.29. The number of hydrogen-bond acceptors (Lipinski definition) is 4. The Bertz CT molecular complexity index is 586. The predicted molar refractivity (Wildman–Crippen MR) is 86.6 cm³/mol. The first-order valence-electron chi connectivity index (χ1n) is 6.27. The van der Waals surface area contributed by atoms with E-state index < -0.39 is 0 Å². The molecule has 1 heterocycles. The van der Waals surface area contributed by atoms with E-state index in [1.54, 1.807) is 17.4 Å². The number of rotatable bonds is 5. The molecule has 2 rings (SSSR count). The summed E-state index contributed by atoms with van der Waals surface area (Å²) in [6, 6.07) is 5.52. The summed E-state index contributed by atoms with van der Waals surface area (Å²) < 4.78 is 0. The molecule has 1 atom stereocenters. The number of likely N-dealkylation sites (N-methyl/N-ethyl adjacent to an activating group) is 1. The third-order valence-corrected chi connectivity index (χ3v) is 4.81. The van der Waals surface area contributed by atoms with Crippen molar-refractivity contribution in [3.8, 4) is 0 Å². The molecular weight excluding hydrogens is 313 g/mol.